The van der Waals surface area contributed by atoms with Crippen LogP contribution in [0.3, 0.4) is 0 Å². The van der Waals surface area contributed by atoms with Gasteiger partial charge in [-0.2, -0.15) is 0 Å². The maximum absolute atomic E-state index is 14.5. The highest BCUT2D eigenvalue weighted by molar-refractivity contribution is 8.02. The molecule has 4 heterocycles. The Morgan fingerprint density at radius 1 is 1.05 bits per heavy atom. The van der Waals surface area contributed by atoms with E-state index < -0.39 is 34.6 Å². The Bertz CT molecular complexity index is 1330. The second-order valence-corrected chi connectivity index (χ2v) is 11.9. The highest BCUT2D eigenvalue weighted by atomic mass is 35.5. The van der Waals surface area contributed by atoms with Gasteiger partial charge in [0.2, 0.25) is 5.91 Å². The molecule has 4 aliphatic rings. The minimum atomic E-state index is -0.996. The van der Waals surface area contributed by atoms with Crippen LogP contribution in [0.4, 0.5) is 5.69 Å². The van der Waals surface area contributed by atoms with Crippen LogP contribution < -0.4 is 4.90 Å². The number of aliphatic hydroxyl groups excluding tert-OH is 1. The highest BCUT2D eigenvalue weighted by Gasteiger charge is 2.71. The number of halogens is 1. The molecule has 1 unspecified atom stereocenters. The molecule has 0 radical (unpaired) electrons. The van der Waals surface area contributed by atoms with Crippen molar-refractivity contribution >= 4 is 46.8 Å². The number of anilines is 1. The molecule has 38 heavy (non-hydrogen) atoms. The molecule has 7 nitrogen and oxygen atoms in total. The summed E-state index contributed by atoms with van der Waals surface area (Å²) >= 11 is 7.99. The van der Waals surface area contributed by atoms with E-state index in [0.717, 1.165) is 5.56 Å². The third-order valence-corrected chi connectivity index (χ3v) is 9.98. The van der Waals surface area contributed by atoms with Gasteiger partial charge in [0.25, 0.3) is 5.91 Å². The van der Waals surface area contributed by atoms with Gasteiger partial charge in [0.05, 0.1) is 39.9 Å². The number of carbonyl (C=O) groups excluding carboxylic acids is 3. The number of ether oxygens (including phenoxy) is 1. The number of benzene rings is 2. The number of hydrogen-bond donors (Lipinski definition) is 1. The Morgan fingerprint density at radius 3 is 2.58 bits per heavy atom. The van der Waals surface area contributed by atoms with Gasteiger partial charge < -0.3 is 19.6 Å². The fourth-order valence-electron chi connectivity index (χ4n) is 6.33. The molecule has 2 saturated heterocycles. The van der Waals surface area contributed by atoms with Crippen molar-refractivity contribution in [1.82, 2.24) is 4.90 Å². The summed E-state index contributed by atoms with van der Waals surface area (Å²) in [5, 5.41) is 10.7. The molecule has 4 aliphatic heterocycles. The summed E-state index contributed by atoms with van der Waals surface area (Å²) in [6.45, 7) is 0.107. The lowest BCUT2D eigenvalue weighted by Gasteiger charge is -2.38. The zero-order valence-corrected chi connectivity index (χ0v) is 22.1. The van der Waals surface area contributed by atoms with Crippen LogP contribution in [0.25, 0.3) is 0 Å². The van der Waals surface area contributed by atoms with Crippen molar-refractivity contribution in [3.8, 4) is 0 Å². The average Bonchev–Trinajstić information content (AvgIpc) is 3.23. The first-order valence-corrected chi connectivity index (χ1v) is 13.9. The predicted molar refractivity (Wildman–Crippen MR) is 146 cm³/mol. The quantitative estimate of drug-likeness (QED) is 0.454. The SMILES string of the molecule is O=C1OCC=C[C@H]2S[C@]34C=CCN(c5ccccc5Cl)C(=O)C3N([C@@H](CO)Cc3ccccc3)C(=O)[C@@H]4[C@@H]12. The Morgan fingerprint density at radius 2 is 1.82 bits per heavy atom. The molecular weight excluding hydrogens is 524 g/mol. The van der Waals surface area contributed by atoms with Crippen LogP contribution in [-0.2, 0) is 25.5 Å². The van der Waals surface area contributed by atoms with Crippen LogP contribution in [-0.4, -0.2) is 69.6 Å². The number of nitrogens with zero attached hydrogens (tertiary/aromatic N) is 2. The van der Waals surface area contributed by atoms with Crippen LogP contribution in [0.1, 0.15) is 5.56 Å². The van der Waals surface area contributed by atoms with Crippen molar-refractivity contribution in [3.05, 3.63) is 89.5 Å². The van der Waals surface area contributed by atoms with Gasteiger partial charge in [-0.25, -0.2) is 0 Å². The fourth-order valence-corrected chi connectivity index (χ4v) is 8.55. The van der Waals surface area contributed by atoms with E-state index in [9.17, 15) is 19.5 Å². The lowest BCUT2D eigenvalue weighted by Crippen LogP contribution is -2.57. The van der Waals surface area contributed by atoms with Crippen molar-refractivity contribution in [1.29, 1.82) is 0 Å². The number of fused-ring (bicyclic) bond motifs is 2. The number of likely N-dealkylation sites (tertiary alicyclic amines) is 1. The monoisotopic (exact) mass is 550 g/mol. The first-order valence-electron chi connectivity index (χ1n) is 12.7. The summed E-state index contributed by atoms with van der Waals surface area (Å²) in [5.74, 6) is -2.55. The van der Waals surface area contributed by atoms with Gasteiger partial charge in [-0.15, -0.1) is 11.8 Å². The maximum atomic E-state index is 14.5. The molecule has 2 aromatic rings. The van der Waals surface area contributed by atoms with Gasteiger partial charge >= 0.3 is 5.97 Å². The van der Waals surface area contributed by atoms with E-state index in [1.807, 2.05) is 54.6 Å². The van der Waals surface area contributed by atoms with Crippen LogP contribution in [0.5, 0.6) is 0 Å². The van der Waals surface area contributed by atoms with E-state index in [2.05, 4.69) is 0 Å². The molecule has 2 fully saturated rings. The van der Waals surface area contributed by atoms with E-state index >= 15 is 0 Å². The molecule has 196 valence electrons. The van der Waals surface area contributed by atoms with Crippen molar-refractivity contribution in [3.63, 3.8) is 0 Å². The zero-order valence-electron chi connectivity index (χ0n) is 20.5. The molecule has 0 saturated carbocycles. The first kappa shape index (κ1) is 25.2. The molecule has 2 amide bonds. The fraction of sp³-hybridized carbons (Fsp3) is 0.345. The maximum Gasteiger partial charge on any atom is 0.311 e. The normalized spacial score (nSPS) is 30.8. The largest absolute Gasteiger partial charge is 0.461 e. The van der Waals surface area contributed by atoms with Gasteiger partial charge in [-0.1, -0.05) is 78.4 Å². The van der Waals surface area contributed by atoms with Crippen molar-refractivity contribution in [2.24, 2.45) is 11.8 Å². The summed E-state index contributed by atoms with van der Waals surface area (Å²) in [6, 6.07) is 15.1. The van der Waals surface area contributed by atoms with E-state index in [0.29, 0.717) is 17.1 Å². The van der Waals surface area contributed by atoms with Crippen molar-refractivity contribution in [2.75, 3.05) is 24.7 Å². The van der Waals surface area contributed by atoms with Gasteiger partial charge in [0.15, 0.2) is 0 Å². The molecule has 0 aliphatic carbocycles. The van der Waals surface area contributed by atoms with Crippen molar-refractivity contribution in [2.45, 2.75) is 28.5 Å². The number of hydrogen-bond acceptors (Lipinski definition) is 6. The summed E-state index contributed by atoms with van der Waals surface area (Å²) in [5.41, 5.74) is 1.49. The van der Waals surface area contributed by atoms with Gasteiger partial charge in [0, 0.05) is 11.8 Å². The summed E-state index contributed by atoms with van der Waals surface area (Å²) in [7, 11) is 0. The first-order chi connectivity index (χ1) is 18.5. The van der Waals surface area contributed by atoms with Gasteiger partial charge in [0.1, 0.15) is 12.6 Å². The summed E-state index contributed by atoms with van der Waals surface area (Å²) in [6.07, 6.45) is 7.92. The molecule has 1 spiro atoms. The van der Waals surface area contributed by atoms with E-state index in [1.165, 1.54) is 11.8 Å². The zero-order chi connectivity index (χ0) is 26.4. The lowest BCUT2D eigenvalue weighted by atomic mass is 9.78. The minimum absolute atomic E-state index is 0.162. The number of thioether (sulfide) groups is 1. The van der Waals surface area contributed by atoms with Gasteiger partial charge in [-0.05, 0) is 24.1 Å². The molecule has 6 rings (SSSR count). The van der Waals surface area contributed by atoms with Crippen LogP contribution in [0.15, 0.2) is 78.9 Å². The number of amides is 2. The molecule has 1 N–H and O–H groups in total. The second-order valence-electron chi connectivity index (χ2n) is 9.97. The average molecular weight is 551 g/mol. The molecule has 6 atom stereocenters. The molecule has 0 aromatic heterocycles. The minimum Gasteiger partial charge on any atom is -0.461 e. The Kier molecular flexibility index (Phi) is 6.58. The third-order valence-electron chi connectivity index (χ3n) is 7.91. The van der Waals surface area contributed by atoms with Gasteiger partial charge in [-0.3, -0.25) is 14.4 Å². The summed E-state index contributed by atoms with van der Waals surface area (Å²) < 4.78 is 4.44. The van der Waals surface area contributed by atoms with Crippen LogP contribution in [0.2, 0.25) is 5.02 Å². The Hall–Kier alpha value is -3.07. The van der Waals surface area contributed by atoms with Crippen LogP contribution in [0, 0.1) is 11.8 Å². The molecule has 2 aromatic carbocycles. The molecular formula is C29H27ClN2O5S. The van der Waals surface area contributed by atoms with Crippen LogP contribution >= 0.6 is 23.4 Å². The Labute approximate surface area is 230 Å². The number of cyclic esters (lactones) is 1. The topological polar surface area (TPSA) is 87.2 Å². The Balaban J connectivity index is 1.49. The molecule has 0 bridgehead atoms. The smallest absolute Gasteiger partial charge is 0.311 e. The molecule has 9 heteroatoms. The van der Waals surface area contributed by atoms with E-state index in [-0.39, 0.29) is 36.8 Å². The number of para-hydroxylation sites is 1. The highest BCUT2D eigenvalue weighted by Crippen LogP contribution is 2.61. The standard InChI is InChI=1S/C29H27ClN2O5S/c30-20-10-4-5-11-21(20)31-14-7-13-29-24(23-22(38-29)12-6-15-37-28(23)36)26(34)32(25(29)27(31)35)19(17-33)16-18-8-2-1-3-9-18/h1-13,19,22-25,33H,14-17H2/t19-,22-,23+,24+,25?,29+/m1/s1. The third kappa shape index (κ3) is 3.89. The summed E-state index contributed by atoms with van der Waals surface area (Å²) in [4.78, 5) is 45.2. The van der Waals surface area contributed by atoms with Crippen molar-refractivity contribution < 1.29 is 24.2 Å². The lowest BCUT2D eigenvalue weighted by molar-refractivity contribution is -0.152. The number of carbonyl (C=O) groups is 3. The van der Waals surface area contributed by atoms with E-state index in [1.54, 1.807) is 34.1 Å². The number of aliphatic hydroxyl groups is 1. The second kappa shape index (κ2) is 9.91. The number of rotatable bonds is 5. The van der Waals surface area contributed by atoms with E-state index in [4.69, 9.17) is 16.3 Å². The number of esters is 1. The predicted octanol–water partition coefficient (Wildman–Crippen LogP) is 3.26.